The molecule has 3 aromatic carbocycles. The third kappa shape index (κ3) is 5.54. The summed E-state index contributed by atoms with van der Waals surface area (Å²) in [6.07, 6.45) is 0.205. The smallest absolute Gasteiger partial charge is 0.180 e. The van der Waals surface area contributed by atoms with Gasteiger partial charge in [-0.2, -0.15) is 0 Å². The van der Waals surface area contributed by atoms with Crippen LogP contribution in [0.1, 0.15) is 32.7 Å². The van der Waals surface area contributed by atoms with Gasteiger partial charge in [-0.05, 0) is 5.56 Å². The molecule has 1 saturated heterocycles. The SMILES string of the molecule is O=C(CC(C(=O)c1ccccc1)N1CCN(Cc2ccccc2)CC1)c1ccccc1. The summed E-state index contributed by atoms with van der Waals surface area (Å²) in [4.78, 5) is 30.9. The van der Waals surface area contributed by atoms with Crippen molar-refractivity contribution in [1.82, 2.24) is 9.80 Å². The normalized spacial score (nSPS) is 16.0. The Morgan fingerprint density at radius 3 is 1.77 bits per heavy atom. The first-order valence-electron chi connectivity index (χ1n) is 10.9. The number of carbonyl (C=O) groups excluding carboxylic acids is 2. The molecule has 0 amide bonds. The second kappa shape index (κ2) is 10.3. The Morgan fingerprint density at radius 2 is 1.19 bits per heavy atom. The van der Waals surface area contributed by atoms with Crippen LogP contribution in [0.3, 0.4) is 0 Å². The van der Waals surface area contributed by atoms with Gasteiger partial charge in [0.1, 0.15) is 0 Å². The quantitative estimate of drug-likeness (QED) is 0.517. The van der Waals surface area contributed by atoms with Crippen molar-refractivity contribution in [2.24, 2.45) is 0 Å². The van der Waals surface area contributed by atoms with E-state index < -0.39 is 6.04 Å². The van der Waals surface area contributed by atoms with Crippen LogP contribution in [0.2, 0.25) is 0 Å². The number of rotatable bonds is 8. The second-order valence-corrected chi connectivity index (χ2v) is 8.04. The van der Waals surface area contributed by atoms with E-state index in [-0.39, 0.29) is 18.0 Å². The van der Waals surface area contributed by atoms with Gasteiger partial charge in [0.05, 0.1) is 6.04 Å². The summed E-state index contributed by atoms with van der Waals surface area (Å²) in [5.41, 5.74) is 2.63. The molecule has 1 unspecified atom stereocenters. The monoisotopic (exact) mass is 412 g/mol. The largest absolute Gasteiger partial charge is 0.297 e. The Labute approximate surface area is 184 Å². The van der Waals surface area contributed by atoms with Crippen LogP contribution in [0.25, 0.3) is 0 Å². The predicted octanol–water partition coefficient (Wildman–Crippen LogP) is 4.33. The van der Waals surface area contributed by atoms with Crippen molar-refractivity contribution in [2.45, 2.75) is 19.0 Å². The lowest BCUT2D eigenvalue weighted by Crippen LogP contribution is -2.53. The molecule has 4 heteroatoms. The third-order valence-electron chi connectivity index (χ3n) is 5.93. The standard InChI is InChI=1S/C27H28N2O2/c30-26(23-12-6-2-7-13-23)20-25(27(31)24-14-8-3-9-15-24)29-18-16-28(17-19-29)21-22-10-4-1-5-11-22/h1-15,25H,16-21H2. The molecule has 31 heavy (non-hydrogen) atoms. The molecular weight excluding hydrogens is 384 g/mol. The number of benzene rings is 3. The van der Waals surface area contributed by atoms with Gasteiger partial charge in [-0.1, -0.05) is 91.0 Å². The van der Waals surface area contributed by atoms with E-state index in [2.05, 4.69) is 34.1 Å². The maximum atomic E-state index is 13.4. The zero-order valence-corrected chi connectivity index (χ0v) is 17.7. The van der Waals surface area contributed by atoms with E-state index >= 15 is 0 Å². The van der Waals surface area contributed by atoms with Crippen LogP contribution in [0.4, 0.5) is 0 Å². The first-order valence-corrected chi connectivity index (χ1v) is 10.9. The minimum Gasteiger partial charge on any atom is -0.297 e. The molecule has 4 rings (SSSR count). The van der Waals surface area contributed by atoms with Crippen LogP contribution in [0.15, 0.2) is 91.0 Å². The van der Waals surface area contributed by atoms with Crippen LogP contribution >= 0.6 is 0 Å². The fourth-order valence-electron chi connectivity index (χ4n) is 4.17. The molecule has 1 aliphatic heterocycles. The van der Waals surface area contributed by atoms with Crippen LogP contribution in [0, 0.1) is 0 Å². The van der Waals surface area contributed by atoms with Gasteiger partial charge < -0.3 is 0 Å². The van der Waals surface area contributed by atoms with Crippen molar-refractivity contribution in [3.8, 4) is 0 Å². The first kappa shape index (κ1) is 21.2. The Morgan fingerprint density at radius 1 is 0.677 bits per heavy atom. The van der Waals surface area contributed by atoms with Gasteiger partial charge in [0.15, 0.2) is 11.6 Å². The highest BCUT2D eigenvalue weighted by molar-refractivity contribution is 6.05. The Balaban J connectivity index is 1.46. The van der Waals surface area contributed by atoms with Crippen molar-refractivity contribution >= 4 is 11.6 Å². The van der Waals surface area contributed by atoms with Gasteiger partial charge in [-0.25, -0.2) is 0 Å². The fraction of sp³-hybridized carbons (Fsp3) is 0.259. The molecule has 0 radical (unpaired) electrons. The first-order chi connectivity index (χ1) is 15.2. The zero-order chi connectivity index (χ0) is 21.5. The van der Waals surface area contributed by atoms with Gasteiger partial charge in [-0.3, -0.25) is 19.4 Å². The maximum absolute atomic E-state index is 13.4. The topological polar surface area (TPSA) is 40.6 Å². The van der Waals surface area contributed by atoms with Crippen LogP contribution in [-0.2, 0) is 6.54 Å². The third-order valence-corrected chi connectivity index (χ3v) is 5.93. The molecule has 0 bridgehead atoms. The molecule has 4 nitrogen and oxygen atoms in total. The van der Waals surface area contributed by atoms with Crippen molar-refractivity contribution in [1.29, 1.82) is 0 Å². The average Bonchev–Trinajstić information content (AvgIpc) is 2.84. The highest BCUT2D eigenvalue weighted by atomic mass is 16.1. The average molecular weight is 413 g/mol. The van der Waals surface area contributed by atoms with Gasteiger partial charge in [0.2, 0.25) is 0 Å². The molecule has 0 N–H and O–H groups in total. The van der Waals surface area contributed by atoms with Gasteiger partial charge in [-0.15, -0.1) is 0 Å². The second-order valence-electron chi connectivity index (χ2n) is 8.04. The minimum absolute atomic E-state index is 0.0154. The van der Waals surface area contributed by atoms with Crippen molar-refractivity contribution in [3.63, 3.8) is 0 Å². The molecule has 158 valence electrons. The molecule has 1 heterocycles. The zero-order valence-electron chi connectivity index (χ0n) is 17.7. The molecular formula is C27H28N2O2. The van der Waals surface area contributed by atoms with Crippen molar-refractivity contribution < 1.29 is 9.59 Å². The predicted molar refractivity (Wildman–Crippen MR) is 123 cm³/mol. The molecule has 0 spiro atoms. The number of Topliss-reactive ketones (excluding diaryl/α,β-unsaturated/α-hetero) is 2. The summed E-state index contributed by atoms with van der Waals surface area (Å²) in [6.45, 7) is 4.23. The number of nitrogens with zero attached hydrogens (tertiary/aromatic N) is 2. The van der Waals surface area contributed by atoms with E-state index in [1.54, 1.807) is 0 Å². The molecule has 1 fully saturated rings. The molecule has 0 saturated carbocycles. The number of piperazine rings is 1. The van der Waals surface area contributed by atoms with E-state index in [1.165, 1.54) is 5.56 Å². The van der Waals surface area contributed by atoms with E-state index in [0.29, 0.717) is 11.1 Å². The van der Waals surface area contributed by atoms with Gasteiger partial charge in [0.25, 0.3) is 0 Å². The molecule has 1 aliphatic rings. The summed E-state index contributed by atoms with van der Waals surface area (Å²) in [7, 11) is 0. The van der Waals surface area contributed by atoms with Gasteiger partial charge in [0, 0.05) is 50.3 Å². The van der Waals surface area contributed by atoms with Crippen molar-refractivity contribution in [2.75, 3.05) is 26.2 Å². The number of ketones is 2. The van der Waals surface area contributed by atoms with Crippen LogP contribution in [0.5, 0.6) is 0 Å². The van der Waals surface area contributed by atoms with E-state index in [9.17, 15) is 9.59 Å². The fourth-order valence-corrected chi connectivity index (χ4v) is 4.17. The van der Waals surface area contributed by atoms with E-state index in [0.717, 1.165) is 32.7 Å². The lowest BCUT2D eigenvalue weighted by atomic mass is 9.95. The summed E-state index contributed by atoms with van der Waals surface area (Å²) < 4.78 is 0. The van der Waals surface area contributed by atoms with E-state index in [1.807, 2.05) is 66.7 Å². The highest BCUT2D eigenvalue weighted by Crippen LogP contribution is 2.19. The van der Waals surface area contributed by atoms with Crippen LogP contribution in [-0.4, -0.2) is 53.6 Å². The summed E-state index contributed by atoms with van der Waals surface area (Å²) in [6, 6.07) is 28.6. The molecule has 0 aromatic heterocycles. The summed E-state index contributed by atoms with van der Waals surface area (Å²) >= 11 is 0. The minimum atomic E-state index is -0.436. The molecule has 0 aliphatic carbocycles. The maximum Gasteiger partial charge on any atom is 0.180 e. The summed E-state index contributed by atoms with van der Waals surface area (Å²) in [5.74, 6) is 0.0444. The lowest BCUT2D eigenvalue weighted by molar-refractivity contribution is 0.0599. The Kier molecular flexibility index (Phi) is 7.03. The summed E-state index contributed by atoms with van der Waals surface area (Å²) in [5, 5.41) is 0. The highest BCUT2D eigenvalue weighted by Gasteiger charge is 2.31. The molecule has 1 atom stereocenters. The van der Waals surface area contributed by atoms with E-state index in [4.69, 9.17) is 0 Å². The number of hydrogen-bond donors (Lipinski definition) is 0. The number of hydrogen-bond acceptors (Lipinski definition) is 4. The Bertz CT molecular complexity index is 982. The van der Waals surface area contributed by atoms with Crippen LogP contribution < -0.4 is 0 Å². The lowest BCUT2D eigenvalue weighted by Gasteiger charge is -2.38. The van der Waals surface area contributed by atoms with Gasteiger partial charge >= 0.3 is 0 Å². The Hall–Kier alpha value is -3.08. The van der Waals surface area contributed by atoms with Crippen molar-refractivity contribution in [3.05, 3.63) is 108 Å². The molecule has 3 aromatic rings. The number of carbonyl (C=O) groups is 2.